The summed E-state index contributed by atoms with van der Waals surface area (Å²) in [4.78, 5) is 5.45. The number of thiophene rings is 1. The highest BCUT2D eigenvalue weighted by Gasteiger charge is 2.31. The van der Waals surface area contributed by atoms with Gasteiger partial charge in [0, 0.05) is 18.0 Å². The minimum absolute atomic E-state index is 0.182. The summed E-state index contributed by atoms with van der Waals surface area (Å²) >= 11 is 1.17. The van der Waals surface area contributed by atoms with Crippen molar-refractivity contribution in [2.75, 3.05) is 13.1 Å². The predicted molar refractivity (Wildman–Crippen MR) is 99.7 cm³/mol. The first-order valence-corrected chi connectivity index (χ1v) is 10.9. The first kappa shape index (κ1) is 19.2. The van der Waals surface area contributed by atoms with Crippen LogP contribution in [0.4, 0.5) is 0 Å². The molecule has 0 spiro atoms. The number of nitrogens with one attached hydrogen (secondary N) is 2. The van der Waals surface area contributed by atoms with E-state index in [-0.39, 0.29) is 4.21 Å². The van der Waals surface area contributed by atoms with Gasteiger partial charge in [-0.05, 0) is 43.7 Å². The Hall–Kier alpha value is -1.12. The Labute approximate surface area is 149 Å². The lowest BCUT2D eigenvalue weighted by atomic mass is 9.83. The zero-order chi connectivity index (χ0) is 17.6. The number of nitrogens with two attached hydrogens (primary N) is 1. The average molecular weight is 373 g/mol. The fourth-order valence-corrected chi connectivity index (χ4v) is 4.85. The van der Waals surface area contributed by atoms with Crippen molar-refractivity contribution in [2.45, 2.75) is 56.7 Å². The van der Waals surface area contributed by atoms with Crippen molar-refractivity contribution < 1.29 is 8.42 Å². The van der Waals surface area contributed by atoms with Crippen LogP contribution in [0.2, 0.25) is 0 Å². The Morgan fingerprint density at radius 1 is 1.29 bits per heavy atom. The maximum Gasteiger partial charge on any atom is 0.247 e. The van der Waals surface area contributed by atoms with Crippen molar-refractivity contribution in [1.29, 1.82) is 0 Å². The largest absolute Gasteiger partial charge is 0.357 e. The van der Waals surface area contributed by atoms with Crippen molar-refractivity contribution in [2.24, 2.45) is 15.5 Å². The molecule has 1 aromatic rings. The molecule has 6 nitrogen and oxygen atoms in total. The zero-order valence-corrected chi connectivity index (χ0v) is 16.1. The van der Waals surface area contributed by atoms with Gasteiger partial charge >= 0.3 is 0 Å². The summed E-state index contributed by atoms with van der Waals surface area (Å²) in [6, 6.07) is 3.30. The van der Waals surface area contributed by atoms with Gasteiger partial charge < -0.3 is 10.6 Å². The van der Waals surface area contributed by atoms with Crippen LogP contribution in [0.5, 0.6) is 0 Å². The molecule has 1 fully saturated rings. The van der Waals surface area contributed by atoms with E-state index in [2.05, 4.69) is 22.5 Å². The van der Waals surface area contributed by atoms with Gasteiger partial charge in [0.2, 0.25) is 10.0 Å². The van der Waals surface area contributed by atoms with Crippen molar-refractivity contribution in [3.63, 3.8) is 0 Å². The Morgan fingerprint density at radius 2 is 2.00 bits per heavy atom. The third-order valence-corrected chi connectivity index (χ3v) is 7.21. The quantitative estimate of drug-likeness (QED) is 0.506. The number of primary sulfonamides is 1. The van der Waals surface area contributed by atoms with E-state index < -0.39 is 10.0 Å². The monoisotopic (exact) mass is 372 g/mol. The third-order valence-electron chi connectivity index (χ3n) is 4.70. The Balaban J connectivity index is 1.98. The molecular formula is C16H28N4O2S2. The van der Waals surface area contributed by atoms with Crippen LogP contribution in [0, 0.1) is 5.41 Å². The number of aliphatic imine (C=N–C) groups is 1. The second kappa shape index (κ2) is 8.31. The molecule has 0 atom stereocenters. The van der Waals surface area contributed by atoms with E-state index in [9.17, 15) is 8.42 Å². The van der Waals surface area contributed by atoms with E-state index >= 15 is 0 Å². The molecule has 136 valence electrons. The SMILES string of the molecule is CCNC(=NCc1ccc(S(N)(=O)=O)s1)NCC1(CC)CCCC1. The summed E-state index contributed by atoms with van der Waals surface area (Å²) in [5.74, 6) is 0.780. The average Bonchev–Trinajstić information content (AvgIpc) is 3.19. The van der Waals surface area contributed by atoms with E-state index in [0.717, 1.165) is 23.9 Å². The van der Waals surface area contributed by atoms with Crippen molar-refractivity contribution in [3.8, 4) is 0 Å². The fourth-order valence-electron chi connectivity index (χ4n) is 3.15. The molecule has 4 N–H and O–H groups in total. The lowest BCUT2D eigenvalue weighted by Crippen LogP contribution is -2.42. The second-order valence-corrected chi connectivity index (χ2v) is 9.33. The molecule has 0 unspecified atom stereocenters. The number of rotatable bonds is 7. The van der Waals surface area contributed by atoms with Crippen molar-refractivity contribution in [1.82, 2.24) is 10.6 Å². The summed E-state index contributed by atoms with van der Waals surface area (Å²) in [6.07, 6.45) is 6.36. The van der Waals surface area contributed by atoms with Crippen LogP contribution in [0.1, 0.15) is 50.8 Å². The Bertz CT molecular complexity index is 661. The first-order chi connectivity index (χ1) is 11.4. The topological polar surface area (TPSA) is 96.6 Å². The zero-order valence-electron chi connectivity index (χ0n) is 14.5. The Morgan fingerprint density at radius 3 is 2.54 bits per heavy atom. The lowest BCUT2D eigenvalue weighted by molar-refractivity contribution is 0.283. The molecule has 1 aliphatic carbocycles. The minimum atomic E-state index is -3.62. The van der Waals surface area contributed by atoms with Crippen molar-refractivity contribution in [3.05, 3.63) is 17.0 Å². The summed E-state index contributed by atoms with van der Waals surface area (Å²) < 4.78 is 22.8. The van der Waals surface area contributed by atoms with Gasteiger partial charge in [-0.1, -0.05) is 19.8 Å². The molecule has 0 bridgehead atoms. The number of guanidine groups is 1. The standard InChI is InChI=1S/C16H28N4O2S2/c1-3-16(9-5-6-10-16)12-20-15(18-4-2)19-11-13-7-8-14(23-13)24(17,21)22/h7-8H,3-6,9-12H2,1-2H3,(H2,17,21,22)(H2,18,19,20). The molecule has 1 aromatic heterocycles. The smallest absolute Gasteiger partial charge is 0.247 e. The molecule has 0 amide bonds. The molecule has 1 heterocycles. The number of hydrogen-bond donors (Lipinski definition) is 3. The lowest BCUT2D eigenvalue weighted by Gasteiger charge is -2.28. The molecule has 24 heavy (non-hydrogen) atoms. The van der Waals surface area contributed by atoms with Gasteiger partial charge in [0.1, 0.15) is 4.21 Å². The Kier molecular flexibility index (Phi) is 6.65. The third kappa shape index (κ3) is 5.19. The summed E-state index contributed by atoms with van der Waals surface area (Å²) in [6.45, 7) is 6.46. The van der Waals surface area contributed by atoms with Gasteiger partial charge in [-0.15, -0.1) is 11.3 Å². The van der Waals surface area contributed by atoms with Gasteiger partial charge in [0.05, 0.1) is 6.54 Å². The van der Waals surface area contributed by atoms with Crippen LogP contribution < -0.4 is 15.8 Å². The van der Waals surface area contributed by atoms with Crippen LogP contribution in [0.3, 0.4) is 0 Å². The normalized spacial score (nSPS) is 17.9. The minimum Gasteiger partial charge on any atom is -0.357 e. The number of hydrogen-bond acceptors (Lipinski definition) is 4. The van der Waals surface area contributed by atoms with Gasteiger partial charge in [-0.3, -0.25) is 0 Å². The molecule has 0 aromatic carbocycles. The molecular weight excluding hydrogens is 344 g/mol. The molecule has 0 radical (unpaired) electrons. The van der Waals surface area contributed by atoms with Crippen LogP contribution in [-0.2, 0) is 16.6 Å². The van der Waals surface area contributed by atoms with Gasteiger partial charge in [0.15, 0.2) is 5.96 Å². The van der Waals surface area contributed by atoms with E-state index in [1.165, 1.54) is 49.5 Å². The highest BCUT2D eigenvalue weighted by atomic mass is 32.2. The van der Waals surface area contributed by atoms with E-state index in [1.54, 1.807) is 6.07 Å². The summed E-state index contributed by atoms with van der Waals surface area (Å²) in [5, 5.41) is 11.9. The molecule has 0 aliphatic heterocycles. The van der Waals surface area contributed by atoms with E-state index in [0.29, 0.717) is 12.0 Å². The summed E-state index contributed by atoms with van der Waals surface area (Å²) in [7, 11) is -3.62. The van der Waals surface area contributed by atoms with Crippen LogP contribution in [0.15, 0.2) is 21.3 Å². The molecule has 1 saturated carbocycles. The van der Waals surface area contributed by atoms with E-state index in [4.69, 9.17) is 5.14 Å². The second-order valence-electron chi connectivity index (χ2n) is 6.38. The number of sulfonamides is 1. The highest BCUT2D eigenvalue weighted by Crippen LogP contribution is 2.40. The molecule has 8 heteroatoms. The maximum absolute atomic E-state index is 11.3. The van der Waals surface area contributed by atoms with Crippen molar-refractivity contribution >= 4 is 27.3 Å². The molecule has 2 rings (SSSR count). The van der Waals surface area contributed by atoms with Gasteiger partial charge in [0.25, 0.3) is 0 Å². The highest BCUT2D eigenvalue weighted by molar-refractivity contribution is 7.91. The molecule has 0 saturated heterocycles. The van der Waals surface area contributed by atoms with Crippen LogP contribution >= 0.6 is 11.3 Å². The number of nitrogens with zero attached hydrogens (tertiary/aromatic N) is 1. The molecule has 1 aliphatic rings. The maximum atomic E-state index is 11.3. The first-order valence-electron chi connectivity index (χ1n) is 8.52. The predicted octanol–water partition coefficient (Wildman–Crippen LogP) is 2.42. The van der Waals surface area contributed by atoms with Gasteiger partial charge in [-0.25, -0.2) is 18.5 Å². The fraction of sp³-hybridized carbons (Fsp3) is 0.688. The van der Waals surface area contributed by atoms with Crippen LogP contribution in [-0.4, -0.2) is 27.5 Å². The summed E-state index contributed by atoms with van der Waals surface area (Å²) in [5.41, 5.74) is 0.389. The van der Waals surface area contributed by atoms with Gasteiger partial charge in [-0.2, -0.15) is 0 Å². The van der Waals surface area contributed by atoms with Crippen LogP contribution in [0.25, 0.3) is 0 Å². The van der Waals surface area contributed by atoms with E-state index in [1.807, 2.05) is 6.92 Å².